The number of halogens is 3. The summed E-state index contributed by atoms with van der Waals surface area (Å²) in [6.45, 7) is 1.78. The largest absolute Gasteiger partial charge is 0.349 e. The van der Waals surface area contributed by atoms with E-state index in [1.807, 2.05) is 0 Å². The number of nitrogens with one attached hydrogen (secondary N) is 1. The molecule has 2 aromatic carbocycles. The van der Waals surface area contributed by atoms with Gasteiger partial charge < -0.3 is 5.32 Å². The molecule has 0 radical (unpaired) electrons. The number of amides is 1. The minimum Gasteiger partial charge on any atom is -0.349 e. The Kier molecular flexibility index (Phi) is 5.27. The smallest absolute Gasteiger partial charge is 0.290 e. The molecule has 0 aliphatic carbocycles. The van der Waals surface area contributed by atoms with E-state index in [-0.39, 0.29) is 24.4 Å². The van der Waals surface area contributed by atoms with Gasteiger partial charge in [-0.3, -0.25) is 4.79 Å². The van der Waals surface area contributed by atoms with E-state index in [0.29, 0.717) is 16.5 Å². The summed E-state index contributed by atoms with van der Waals surface area (Å²) in [6.07, 6.45) is 0.0289. The fourth-order valence-corrected chi connectivity index (χ4v) is 2.59. The molecule has 0 aliphatic rings. The van der Waals surface area contributed by atoms with Crippen molar-refractivity contribution >= 4 is 17.5 Å². The first-order valence-electron chi connectivity index (χ1n) is 7.86. The molecule has 26 heavy (non-hydrogen) atoms. The Morgan fingerprint density at radius 2 is 1.81 bits per heavy atom. The van der Waals surface area contributed by atoms with Crippen LogP contribution in [0.4, 0.5) is 8.78 Å². The van der Waals surface area contributed by atoms with Crippen LogP contribution < -0.4 is 5.32 Å². The zero-order valence-electron chi connectivity index (χ0n) is 13.8. The molecule has 0 bridgehead atoms. The van der Waals surface area contributed by atoms with Gasteiger partial charge in [0.2, 0.25) is 5.82 Å². The van der Waals surface area contributed by atoms with Gasteiger partial charge in [-0.15, -0.1) is 5.10 Å². The quantitative estimate of drug-likeness (QED) is 0.741. The first-order valence-corrected chi connectivity index (χ1v) is 8.24. The van der Waals surface area contributed by atoms with Crippen LogP contribution in [0.15, 0.2) is 42.5 Å². The second-order valence-electron chi connectivity index (χ2n) is 5.58. The molecular weight excluding hydrogens is 362 g/mol. The second kappa shape index (κ2) is 7.61. The van der Waals surface area contributed by atoms with E-state index in [4.69, 9.17) is 11.6 Å². The van der Waals surface area contributed by atoms with E-state index < -0.39 is 17.5 Å². The van der Waals surface area contributed by atoms with E-state index in [2.05, 4.69) is 15.4 Å². The van der Waals surface area contributed by atoms with Crippen LogP contribution in [0.3, 0.4) is 0 Å². The number of carbonyl (C=O) groups is 1. The van der Waals surface area contributed by atoms with Crippen molar-refractivity contribution in [2.75, 3.05) is 6.54 Å². The summed E-state index contributed by atoms with van der Waals surface area (Å²) in [5.74, 6) is -1.29. The number of rotatable bonds is 5. The standard InChI is InChI=1S/C18H15ClF2N4O/c1-11-23-17(24-25(11)13-7-5-12(19)6-8-13)18(26)22-10-9-14-15(20)3-2-4-16(14)21/h2-8H,9-10H2,1H3,(H,22,26). The fourth-order valence-electron chi connectivity index (χ4n) is 2.46. The zero-order chi connectivity index (χ0) is 18.7. The maximum absolute atomic E-state index is 13.6. The lowest BCUT2D eigenvalue weighted by molar-refractivity contribution is 0.0943. The van der Waals surface area contributed by atoms with Crippen molar-refractivity contribution in [3.63, 3.8) is 0 Å². The van der Waals surface area contributed by atoms with Gasteiger partial charge in [-0.2, -0.15) is 0 Å². The lowest BCUT2D eigenvalue weighted by Crippen LogP contribution is -2.27. The first kappa shape index (κ1) is 18.0. The SMILES string of the molecule is Cc1nc(C(=O)NCCc2c(F)cccc2F)nn1-c1ccc(Cl)cc1. The predicted molar refractivity (Wildman–Crippen MR) is 93.5 cm³/mol. The van der Waals surface area contributed by atoms with E-state index in [1.54, 1.807) is 31.2 Å². The van der Waals surface area contributed by atoms with Crippen molar-refractivity contribution in [3.05, 3.63) is 76.3 Å². The Hall–Kier alpha value is -2.80. The molecule has 0 unspecified atom stereocenters. The monoisotopic (exact) mass is 376 g/mol. The third-order valence-electron chi connectivity index (χ3n) is 3.77. The molecule has 0 saturated heterocycles. The number of benzene rings is 2. The molecule has 1 heterocycles. The van der Waals surface area contributed by atoms with Crippen LogP contribution in [0.1, 0.15) is 22.0 Å². The average Bonchev–Trinajstić information content (AvgIpc) is 3.00. The maximum atomic E-state index is 13.6. The predicted octanol–water partition coefficient (Wildman–Crippen LogP) is 3.48. The number of nitrogens with zero attached hydrogens (tertiary/aromatic N) is 3. The number of hydrogen-bond donors (Lipinski definition) is 1. The van der Waals surface area contributed by atoms with Gasteiger partial charge in [0, 0.05) is 17.1 Å². The molecule has 0 saturated carbocycles. The van der Waals surface area contributed by atoms with E-state index in [1.165, 1.54) is 22.9 Å². The topological polar surface area (TPSA) is 59.8 Å². The zero-order valence-corrected chi connectivity index (χ0v) is 14.6. The van der Waals surface area contributed by atoms with Crippen molar-refractivity contribution in [1.82, 2.24) is 20.1 Å². The molecular formula is C18H15ClF2N4O. The first-order chi connectivity index (χ1) is 12.5. The van der Waals surface area contributed by atoms with Gasteiger partial charge in [0.15, 0.2) is 0 Å². The second-order valence-corrected chi connectivity index (χ2v) is 6.01. The maximum Gasteiger partial charge on any atom is 0.290 e. The van der Waals surface area contributed by atoms with Crippen molar-refractivity contribution < 1.29 is 13.6 Å². The lowest BCUT2D eigenvalue weighted by atomic mass is 10.1. The summed E-state index contributed by atoms with van der Waals surface area (Å²) >= 11 is 5.86. The van der Waals surface area contributed by atoms with Gasteiger partial charge in [-0.25, -0.2) is 18.4 Å². The van der Waals surface area contributed by atoms with Gasteiger partial charge in [-0.1, -0.05) is 17.7 Å². The lowest BCUT2D eigenvalue weighted by Gasteiger charge is -2.05. The third-order valence-corrected chi connectivity index (χ3v) is 4.02. The van der Waals surface area contributed by atoms with Crippen molar-refractivity contribution in [3.8, 4) is 5.69 Å². The van der Waals surface area contributed by atoms with Crippen molar-refractivity contribution in [1.29, 1.82) is 0 Å². The molecule has 0 aliphatic heterocycles. The molecule has 0 spiro atoms. The summed E-state index contributed by atoms with van der Waals surface area (Å²) in [5.41, 5.74) is 0.649. The van der Waals surface area contributed by atoms with Crippen molar-refractivity contribution in [2.45, 2.75) is 13.3 Å². The van der Waals surface area contributed by atoms with Crippen LogP contribution >= 0.6 is 11.6 Å². The Labute approximate surface area is 153 Å². The highest BCUT2D eigenvalue weighted by molar-refractivity contribution is 6.30. The molecule has 5 nitrogen and oxygen atoms in total. The minimum absolute atomic E-state index is 0.0218. The Morgan fingerprint density at radius 1 is 1.15 bits per heavy atom. The van der Waals surface area contributed by atoms with Crippen LogP contribution in [0.2, 0.25) is 5.02 Å². The van der Waals surface area contributed by atoms with E-state index in [9.17, 15) is 13.6 Å². The van der Waals surface area contributed by atoms with Gasteiger partial charge in [0.25, 0.3) is 5.91 Å². The van der Waals surface area contributed by atoms with Crippen molar-refractivity contribution in [2.24, 2.45) is 0 Å². The number of carbonyl (C=O) groups excluding carboxylic acids is 1. The molecule has 0 atom stereocenters. The van der Waals surface area contributed by atoms with Crippen LogP contribution in [0, 0.1) is 18.6 Å². The highest BCUT2D eigenvalue weighted by atomic mass is 35.5. The highest BCUT2D eigenvalue weighted by Crippen LogP contribution is 2.14. The molecule has 0 fully saturated rings. The van der Waals surface area contributed by atoms with Gasteiger partial charge in [-0.05, 0) is 49.7 Å². The fraction of sp³-hybridized carbons (Fsp3) is 0.167. The summed E-state index contributed by atoms with van der Waals surface area (Å²) in [5, 5.41) is 7.33. The molecule has 8 heteroatoms. The number of aromatic nitrogens is 3. The summed E-state index contributed by atoms with van der Waals surface area (Å²) in [7, 11) is 0. The van der Waals surface area contributed by atoms with E-state index >= 15 is 0 Å². The molecule has 1 amide bonds. The molecule has 1 N–H and O–H groups in total. The molecule has 1 aromatic heterocycles. The Bertz CT molecular complexity index is 921. The summed E-state index contributed by atoms with van der Waals surface area (Å²) < 4.78 is 28.7. The average molecular weight is 377 g/mol. The molecule has 3 rings (SSSR count). The van der Waals surface area contributed by atoms with Gasteiger partial charge in [0.1, 0.15) is 17.5 Å². The van der Waals surface area contributed by atoms with E-state index in [0.717, 1.165) is 0 Å². The molecule has 3 aromatic rings. The number of aryl methyl sites for hydroxylation is 1. The van der Waals surface area contributed by atoms with Crippen LogP contribution in [-0.4, -0.2) is 27.2 Å². The Morgan fingerprint density at radius 3 is 2.46 bits per heavy atom. The van der Waals surface area contributed by atoms with Crippen LogP contribution in [0.5, 0.6) is 0 Å². The minimum atomic E-state index is -0.639. The van der Waals surface area contributed by atoms with Gasteiger partial charge >= 0.3 is 0 Å². The summed E-state index contributed by atoms with van der Waals surface area (Å²) in [4.78, 5) is 16.3. The highest BCUT2D eigenvalue weighted by Gasteiger charge is 2.16. The van der Waals surface area contributed by atoms with Crippen LogP contribution in [0.25, 0.3) is 5.69 Å². The van der Waals surface area contributed by atoms with Gasteiger partial charge in [0.05, 0.1) is 5.69 Å². The number of hydrogen-bond acceptors (Lipinski definition) is 3. The van der Waals surface area contributed by atoms with Crippen LogP contribution in [-0.2, 0) is 6.42 Å². The molecule has 134 valence electrons. The summed E-state index contributed by atoms with van der Waals surface area (Å²) in [6, 6.07) is 10.6. The normalized spacial score (nSPS) is 10.8. The Balaban J connectivity index is 1.67. The third kappa shape index (κ3) is 3.88.